The summed E-state index contributed by atoms with van der Waals surface area (Å²) in [5.41, 5.74) is 1.87. The first-order chi connectivity index (χ1) is 14.4. The van der Waals surface area contributed by atoms with Crippen LogP contribution in [0.4, 0.5) is 14.4 Å². The van der Waals surface area contributed by atoms with E-state index in [-0.39, 0.29) is 24.3 Å². The van der Waals surface area contributed by atoms with Crippen LogP contribution in [0.2, 0.25) is 0 Å². The van der Waals surface area contributed by atoms with E-state index in [0.717, 1.165) is 42.7 Å². The maximum absolute atomic E-state index is 13.5. The lowest BCUT2D eigenvalue weighted by molar-refractivity contribution is 0.0204. The lowest BCUT2D eigenvalue weighted by Gasteiger charge is -2.33. The van der Waals surface area contributed by atoms with Crippen LogP contribution in [0, 0.1) is 0 Å². The van der Waals surface area contributed by atoms with Crippen LogP contribution >= 0.6 is 12.3 Å². The molecule has 0 bridgehead atoms. The lowest BCUT2D eigenvalue weighted by Crippen LogP contribution is -2.41. The molecule has 164 valence electrons. The van der Waals surface area contributed by atoms with Crippen molar-refractivity contribution in [3.63, 3.8) is 0 Å². The van der Waals surface area contributed by atoms with E-state index >= 15 is 0 Å². The van der Waals surface area contributed by atoms with Gasteiger partial charge in [-0.1, -0.05) is 0 Å². The maximum Gasteiger partial charge on any atom is 0.410 e. The molecule has 2 aliphatic heterocycles. The molecule has 2 saturated heterocycles. The largest absolute Gasteiger partial charge is 0.444 e. The summed E-state index contributed by atoms with van der Waals surface area (Å²) < 4.78 is 25.7. The number of carbonyl (C=O) groups is 1. The summed E-state index contributed by atoms with van der Waals surface area (Å²) in [6.45, 7) is 9.77. The number of carbonyl (C=O) groups excluding carboxylic acids is 1. The highest BCUT2D eigenvalue weighted by Gasteiger charge is 2.30. The van der Waals surface area contributed by atoms with Crippen molar-refractivity contribution >= 4 is 35.1 Å². The molecule has 0 unspecified atom stereocenters. The summed E-state index contributed by atoms with van der Waals surface area (Å²) in [5, 5.41) is 5.39. The Morgan fingerprint density at radius 3 is 2.57 bits per heavy atom. The van der Waals surface area contributed by atoms with E-state index in [9.17, 15) is 8.68 Å². The zero-order chi connectivity index (χ0) is 21.3. The third-order valence-electron chi connectivity index (χ3n) is 5.48. The van der Waals surface area contributed by atoms with Crippen LogP contribution in [-0.2, 0) is 9.47 Å². The van der Waals surface area contributed by atoms with E-state index in [0.29, 0.717) is 32.0 Å². The van der Waals surface area contributed by atoms with Gasteiger partial charge in [-0.15, -0.1) is 3.89 Å². The fraction of sp³-hybridized carbons (Fsp3) is 0.650. The molecule has 0 spiro atoms. The zero-order valence-electron chi connectivity index (χ0n) is 17.6. The van der Waals surface area contributed by atoms with E-state index < -0.39 is 5.60 Å². The number of ether oxygens (including phenoxy) is 2. The first-order valence-corrected chi connectivity index (χ1v) is 11.0. The number of fused-ring (bicyclic) bond motifs is 1. The normalized spacial score (nSPS) is 18.8. The number of aromatic nitrogens is 3. The Morgan fingerprint density at radius 2 is 1.93 bits per heavy atom. The highest BCUT2D eigenvalue weighted by atomic mass is 32.2. The van der Waals surface area contributed by atoms with Gasteiger partial charge in [0.05, 0.1) is 30.8 Å². The Kier molecular flexibility index (Phi) is 6.06. The van der Waals surface area contributed by atoms with Gasteiger partial charge in [-0.05, 0) is 39.7 Å². The molecule has 2 aromatic heterocycles. The molecule has 0 radical (unpaired) electrons. The number of piperidine rings is 1. The first-order valence-electron chi connectivity index (χ1n) is 10.3. The number of rotatable bonds is 3. The van der Waals surface area contributed by atoms with E-state index in [1.54, 1.807) is 11.1 Å². The Balaban J connectivity index is 1.54. The Labute approximate surface area is 180 Å². The molecule has 10 heteroatoms. The minimum absolute atomic E-state index is 0.0613. The van der Waals surface area contributed by atoms with Crippen molar-refractivity contribution in [2.75, 3.05) is 44.3 Å². The van der Waals surface area contributed by atoms with Gasteiger partial charge in [0, 0.05) is 37.5 Å². The standard InChI is InChI=1S/C20H28FN5O3S/c1-20(2,3)29-19(27)25-6-4-14(5-7-25)17-16-12-15(24-8-10-28-11-9-24)13-22-18(16)26(23-17)30-21/h12-14H,4-11H2,1-3H3. The van der Waals surface area contributed by atoms with Gasteiger partial charge in [0.1, 0.15) is 5.60 Å². The third-order valence-corrected chi connectivity index (χ3v) is 5.87. The summed E-state index contributed by atoms with van der Waals surface area (Å²) in [7, 11) is 0. The Bertz CT molecular complexity index is 902. The van der Waals surface area contributed by atoms with Crippen molar-refractivity contribution < 1.29 is 18.2 Å². The van der Waals surface area contributed by atoms with E-state index in [1.165, 1.54) is 4.09 Å². The van der Waals surface area contributed by atoms with Gasteiger partial charge in [-0.2, -0.15) is 9.19 Å². The molecular formula is C20H28FN5O3S. The predicted molar refractivity (Wildman–Crippen MR) is 114 cm³/mol. The Hall–Kier alpha value is -2.07. The van der Waals surface area contributed by atoms with Crippen LogP contribution < -0.4 is 4.90 Å². The van der Waals surface area contributed by atoms with E-state index in [1.807, 2.05) is 20.8 Å². The molecule has 8 nitrogen and oxygen atoms in total. The summed E-state index contributed by atoms with van der Waals surface area (Å²) >= 11 is 0.0613. The van der Waals surface area contributed by atoms with Crippen molar-refractivity contribution in [2.45, 2.75) is 45.1 Å². The molecule has 30 heavy (non-hydrogen) atoms. The number of anilines is 1. The predicted octanol–water partition coefficient (Wildman–Crippen LogP) is 3.76. The van der Waals surface area contributed by atoms with Gasteiger partial charge in [0.25, 0.3) is 0 Å². The van der Waals surface area contributed by atoms with Crippen molar-refractivity contribution in [2.24, 2.45) is 0 Å². The molecule has 0 N–H and O–H groups in total. The second-order valence-corrected chi connectivity index (χ2v) is 9.22. The summed E-state index contributed by atoms with van der Waals surface area (Å²) in [6, 6.07) is 2.06. The molecule has 0 atom stereocenters. The first kappa shape index (κ1) is 21.2. The smallest absolute Gasteiger partial charge is 0.410 e. The number of pyridine rings is 1. The fourth-order valence-corrected chi connectivity index (χ4v) is 4.32. The molecule has 1 amide bonds. The highest BCUT2D eigenvalue weighted by Crippen LogP contribution is 2.35. The van der Waals surface area contributed by atoms with Crippen LogP contribution in [0.5, 0.6) is 0 Å². The number of halogens is 1. The van der Waals surface area contributed by atoms with E-state index in [2.05, 4.69) is 21.0 Å². The fourth-order valence-electron chi connectivity index (χ4n) is 3.99. The molecule has 4 rings (SSSR count). The van der Waals surface area contributed by atoms with Crippen LogP contribution in [-0.4, -0.2) is 70.2 Å². The number of hydrogen-bond donors (Lipinski definition) is 0. The average Bonchev–Trinajstić information content (AvgIpc) is 3.11. The van der Waals surface area contributed by atoms with Crippen LogP contribution in [0.3, 0.4) is 0 Å². The molecule has 2 aliphatic rings. The number of amides is 1. The van der Waals surface area contributed by atoms with Crippen molar-refractivity contribution in [1.82, 2.24) is 19.1 Å². The van der Waals surface area contributed by atoms with Gasteiger partial charge in [0.15, 0.2) is 18.0 Å². The van der Waals surface area contributed by atoms with Crippen LogP contribution in [0.1, 0.15) is 45.2 Å². The van der Waals surface area contributed by atoms with E-state index in [4.69, 9.17) is 9.47 Å². The molecule has 0 aromatic carbocycles. The number of nitrogens with zero attached hydrogens (tertiary/aromatic N) is 5. The molecule has 2 aromatic rings. The topological polar surface area (TPSA) is 72.7 Å². The average molecular weight is 438 g/mol. The monoisotopic (exact) mass is 437 g/mol. The summed E-state index contributed by atoms with van der Waals surface area (Å²) in [6.07, 6.45) is 3.00. The van der Waals surface area contributed by atoms with Gasteiger partial charge in [-0.25, -0.2) is 9.78 Å². The minimum Gasteiger partial charge on any atom is -0.444 e. The summed E-state index contributed by atoms with van der Waals surface area (Å²) in [4.78, 5) is 20.8. The second kappa shape index (κ2) is 8.58. The quantitative estimate of drug-likeness (QED) is 0.724. The van der Waals surface area contributed by atoms with Gasteiger partial charge >= 0.3 is 6.09 Å². The molecule has 0 saturated carbocycles. The molecule has 0 aliphatic carbocycles. The van der Waals surface area contributed by atoms with Crippen molar-refractivity contribution in [3.8, 4) is 0 Å². The SMILES string of the molecule is CC(C)(C)OC(=O)N1CCC(c2nn(SF)c3ncc(N4CCOCC4)cc23)CC1. The van der Waals surface area contributed by atoms with Crippen molar-refractivity contribution in [3.05, 3.63) is 18.0 Å². The maximum atomic E-state index is 13.5. The second-order valence-electron chi connectivity index (χ2n) is 8.73. The molecular weight excluding hydrogens is 409 g/mol. The lowest BCUT2D eigenvalue weighted by atomic mass is 9.92. The minimum atomic E-state index is -0.511. The van der Waals surface area contributed by atoms with Gasteiger partial charge in [0.2, 0.25) is 0 Å². The summed E-state index contributed by atoms with van der Waals surface area (Å²) in [5.74, 6) is 0.140. The number of likely N-dealkylation sites (tertiary alicyclic amines) is 1. The zero-order valence-corrected chi connectivity index (χ0v) is 18.5. The number of morpholine rings is 1. The molecule has 2 fully saturated rings. The Morgan fingerprint density at radius 1 is 1.23 bits per heavy atom. The molecule has 4 heterocycles. The van der Waals surface area contributed by atoms with Crippen LogP contribution in [0.25, 0.3) is 11.0 Å². The number of hydrogen-bond acceptors (Lipinski definition) is 7. The highest BCUT2D eigenvalue weighted by molar-refractivity contribution is 7.92. The van der Waals surface area contributed by atoms with Gasteiger partial charge in [-0.3, -0.25) is 0 Å². The van der Waals surface area contributed by atoms with Crippen LogP contribution in [0.15, 0.2) is 12.3 Å². The third kappa shape index (κ3) is 4.49. The van der Waals surface area contributed by atoms with Crippen molar-refractivity contribution in [1.29, 1.82) is 0 Å². The van der Waals surface area contributed by atoms with Gasteiger partial charge < -0.3 is 19.3 Å².